The lowest BCUT2D eigenvalue weighted by Crippen LogP contribution is -2.12. The summed E-state index contributed by atoms with van der Waals surface area (Å²) in [6.07, 6.45) is 0. The fourth-order valence-electron chi connectivity index (χ4n) is 0.685. The van der Waals surface area contributed by atoms with Gasteiger partial charge in [0.1, 0.15) is 0 Å². The van der Waals surface area contributed by atoms with Crippen LogP contribution in [0.3, 0.4) is 0 Å². The Hall–Kier alpha value is -0.670. The van der Waals surface area contributed by atoms with Crippen LogP contribution < -0.4 is 5.73 Å². The maximum Gasteiger partial charge on any atom is 0.227 e. The highest BCUT2D eigenvalue weighted by atomic mass is 35.5. The monoisotopic (exact) mass is 201 g/mol. The number of nitrogens with two attached hydrogens (primary N) is 1. The zero-order valence-electron chi connectivity index (χ0n) is 6.29. The van der Waals surface area contributed by atoms with Gasteiger partial charge in [-0.15, -0.1) is 11.8 Å². The Bertz CT molecular complexity index is 273. The van der Waals surface area contributed by atoms with Crippen molar-refractivity contribution in [1.82, 2.24) is 0 Å². The molecule has 0 aliphatic rings. The predicted octanol–water partition coefficient (Wildman–Crippen LogP) is 1.92. The largest absolute Gasteiger partial charge is 0.369 e. The molecule has 0 heterocycles. The second kappa shape index (κ2) is 4.38. The fraction of sp³-hybridized carbons (Fsp3) is 0.125. The Morgan fingerprint density at radius 3 is 2.50 bits per heavy atom. The first-order valence-corrected chi connectivity index (χ1v) is 4.71. The Labute approximate surface area is 80.1 Å². The number of hydrogen-bond donors (Lipinski definition) is 1. The van der Waals surface area contributed by atoms with Crippen molar-refractivity contribution < 1.29 is 4.79 Å². The summed E-state index contributed by atoms with van der Waals surface area (Å²) in [5.41, 5.74) is 4.98. The third kappa shape index (κ3) is 3.15. The summed E-state index contributed by atoms with van der Waals surface area (Å²) in [6, 6.07) is 7.28. The molecule has 1 aromatic rings. The Balaban J connectivity index is 2.53. The molecule has 0 aromatic heterocycles. The first kappa shape index (κ1) is 9.42. The van der Waals surface area contributed by atoms with Crippen molar-refractivity contribution in [2.75, 3.05) is 5.75 Å². The molecule has 0 fully saturated rings. The van der Waals surface area contributed by atoms with Crippen LogP contribution in [0.15, 0.2) is 29.2 Å². The lowest BCUT2D eigenvalue weighted by atomic mass is 10.4. The quantitative estimate of drug-likeness (QED) is 0.760. The van der Waals surface area contributed by atoms with Crippen LogP contribution in [-0.4, -0.2) is 11.7 Å². The minimum Gasteiger partial charge on any atom is -0.369 e. The van der Waals surface area contributed by atoms with Crippen LogP contribution in [-0.2, 0) is 4.79 Å². The van der Waals surface area contributed by atoms with Gasteiger partial charge in [0.2, 0.25) is 5.91 Å². The molecule has 0 saturated carbocycles. The molecule has 64 valence electrons. The number of carbonyl (C=O) groups is 1. The highest BCUT2D eigenvalue weighted by molar-refractivity contribution is 8.00. The first-order valence-electron chi connectivity index (χ1n) is 3.35. The molecule has 0 bridgehead atoms. The van der Waals surface area contributed by atoms with E-state index in [1.54, 1.807) is 12.1 Å². The van der Waals surface area contributed by atoms with Gasteiger partial charge in [-0.3, -0.25) is 4.79 Å². The van der Waals surface area contributed by atoms with E-state index in [2.05, 4.69) is 0 Å². The van der Waals surface area contributed by atoms with E-state index in [9.17, 15) is 4.79 Å². The highest BCUT2D eigenvalue weighted by Gasteiger charge is 1.96. The molecule has 0 unspecified atom stereocenters. The molecule has 1 aromatic carbocycles. The van der Waals surface area contributed by atoms with Gasteiger partial charge in [-0.25, -0.2) is 0 Å². The minimum absolute atomic E-state index is 0.307. The van der Waals surface area contributed by atoms with E-state index < -0.39 is 0 Å². The van der Waals surface area contributed by atoms with Crippen LogP contribution in [0.25, 0.3) is 0 Å². The molecule has 0 aliphatic carbocycles. The fourth-order valence-corrected chi connectivity index (χ4v) is 1.45. The number of amides is 1. The number of hydrogen-bond acceptors (Lipinski definition) is 2. The second-order valence-corrected chi connectivity index (χ2v) is 3.69. The van der Waals surface area contributed by atoms with E-state index >= 15 is 0 Å². The highest BCUT2D eigenvalue weighted by Crippen LogP contribution is 2.19. The summed E-state index contributed by atoms with van der Waals surface area (Å²) in [5.74, 6) is -0.00306. The van der Waals surface area contributed by atoms with Crippen molar-refractivity contribution in [3.63, 3.8) is 0 Å². The molecule has 1 amide bonds. The summed E-state index contributed by atoms with van der Waals surface area (Å²) in [5, 5.41) is 0.693. The van der Waals surface area contributed by atoms with Crippen molar-refractivity contribution >= 4 is 29.3 Å². The molecule has 4 heteroatoms. The normalized spacial score (nSPS) is 9.75. The van der Waals surface area contributed by atoms with Crippen molar-refractivity contribution in [3.8, 4) is 0 Å². The third-order valence-corrected chi connectivity index (χ3v) is 2.48. The molecule has 0 radical (unpaired) electrons. The van der Waals surface area contributed by atoms with Crippen molar-refractivity contribution in [1.29, 1.82) is 0 Å². The van der Waals surface area contributed by atoms with Gasteiger partial charge in [-0.2, -0.15) is 0 Å². The average Bonchev–Trinajstić information content (AvgIpc) is 2.03. The summed E-state index contributed by atoms with van der Waals surface area (Å²) < 4.78 is 0. The topological polar surface area (TPSA) is 43.1 Å². The van der Waals surface area contributed by atoms with Crippen LogP contribution in [0.2, 0.25) is 5.02 Å². The number of primary amides is 1. The lowest BCUT2D eigenvalue weighted by molar-refractivity contribution is -0.115. The van der Waals surface area contributed by atoms with Crippen LogP contribution in [0.1, 0.15) is 0 Å². The SMILES string of the molecule is NC(=O)CSc1ccc(Cl)cc1. The van der Waals surface area contributed by atoms with Crippen LogP contribution in [0, 0.1) is 0 Å². The smallest absolute Gasteiger partial charge is 0.227 e. The standard InChI is InChI=1S/C8H8ClNOS/c9-6-1-3-7(4-2-6)12-5-8(10)11/h1-4H,5H2,(H2,10,11). The number of halogens is 1. The van der Waals surface area contributed by atoms with E-state index in [1.807, 2.05) is 12.1 Å². The summed E-state index contributed by atoms with van der Waals surface area (Å²) in [4.78, 5) is 11.4. The lowest BCUT2D eigenvalue weighted by Gasteiger charge is -1.97. The Morgan fingerprint density at radius 1 is 1.42 bits per heavy atom. The van der Waals surface area contributed by atoms with Gasteiger partial charge in [-0.1, -0.05) is 11.6 Å². The third-order valence-electron chi connectivity index (χ3n) is 1.19. The van der Waals surface area contributed by atoms with E-state index in [0.29, 0.717) is 10.8 Å². The summed E-state index contributed by atoms with van der Waals surface area (Å²) in [7, 11) is 0. The van der Waals surface area contributed by atoms with Gasteiger partial charge in [0.05, 0.1) is 5.75 Å². The van der Waals surface area contributed by atoms with Crippen molar-refractivity contribution in [2.24, 2.45) is 5.73 Å². The van der Waals surface area contributed by atoms with Crippen molar-refractivity contribution in [3.05, 3.63) is 29.3 Å². The molecule has 0 aliphatic heterocycles. The van der Waals surface area contributed by atoms with Gasteiger partial charge >= 0.3 is 0 Å². The number of benzene rings is 1. The summed E-state index contributed by atoms with van der Waals surface area (Å²) in [6.45, 7) is 0. The molecule has 0 spiro atoms. The minimum atomic E-state index is -0.310. The molecular weight excluding hydrogens is 194 g/mol. The van der Waals surface area contributed by atoms with Crippen molar-refractivity contribution in [2.45, 2.75) is 4.90 Å². The van der Waals surface area contributed by atoms with Gasteiger partial charge in [-0.05, 0) is 24.3 Å². The molecule has 0 saturated heterocycles. The first-order chi connectivity index (χ1) is 5.68. The predicted molar refractivity (Wildman–Crippen MR) is 51.4 cm³/mol. The molecular formula is C8H8ClNOS. The zero-order valence-corrected chi connectivity index (χ0v) is 7.86. The Kier molecular flexibility index (Phi) is 3.44. The number of carbonyl (C=O) groups excluding carboxylic acids is 1. The molecule has 12 heavy (non-hydrogen) atoms. The zero-order chi connectivity index (χ0) is 8.97. The molecule has 2 N–H and O–H groups in total. The van der Waals surface area contributed by atoms with E-state index in [4.69, 9.17) is 17.3 Å². The second-order valence-electron chi connectivity index (χ2n) is 2.21. The van der Waals surface area contributed by atoms with Gasteiger partial charge < -0.3 is 5.73 Å². The van der Waals surface area contributed by atoms with Gasteiger partial charge in [0.25, 0.3) is 0 Å². The van der Waals surface area contributed by atoms with E-state index in [-0.39, 0.29) is 5.91 Å². The molecule has 1 rings (SSSR count). The van der Waals surface area contributed by atoms with Crippen LogP contribution in [0.5, 0.6) is 0 Å². The summed E-state index contributed by atoms with van der Waals surface area (Å²) >= 11 is 7.08. The van der Waals surface area contributed by atoms with E-state index in [1.165, 1.54) is 11.8 Å². The van der Waals surface area contributed by atoms with Crippen LogP contribution >= 0.6 is 23.4 Å². The molecule has 2 nitrogen and oxygen atoms in total. The van der Waals surface area contributed by atoms with Crippen LogP contribution in [0.4, 0.5) is 0 Å². The Morgan fingerprint density at radius 2 is 2.00 bits per heavy atom. The molecule has 0 atom stereocenters. The van der Waals surface area contributed by atoms with Gasteiger partial charge in [0.15, 0.2) is 0 Å². The van der Waals surface area contributed by atoms with E-state index in [0.717, 1.165) is 4.90 Å². The maximum atomic E-state index is 10.4. The number of thioether (sulfide) groups is 1. The maximum absolute atomic E-state index is 10.4. The number of rotatable bonds is 3. The van der Waals surface area contributed by atoms with Gasteiger partial charge in [0, 0.05) is 9.92 Å². The average molecular weight is 202 g/mol.